The molecule has 7 heteroatoms. The largest absolute Gasteiger partial charge is 0.326 e. The van der Waals surface area contributed by atoms with E-state index in [1.54, 1.807) is 42.5 Å². The van der Waals surface area contributed by atoms with E-state index in [1.807, 2.05) is 13.0 Å². The number of nitrogens with zero attached hydrogens (tertiary/aromatic N) is 2. The van der Waals surface area contributed by atoms with Crippen molar-refractivity contribution in [3.8, 4) is 0 Å². The van der Waals surface area contributed by atoms with E-state index >= 15 is 0 Å². The summed E-state index contributed by atoms with van der Waals surface area (Å²) in [5.74, 6) is -0.468. The summed E-state index contributed by atoms with van der Waals surface area (Å²) in [5.41, 5.74) is 1.57. The first kappa shape index (κ1) is 18.3. The van der Waals surface area contributed by atoms with Crippen LogP contribution < -0.4 is 16.2 Å². The second-order valence-electron chi connectivity index (χ2n) is 6.15. The van der Waals surface area contributed by atoms with Crippen LogP contribution in [-0.4, -0.2) is 21.4 Å². The number of carbonyl (C=O) groups excluding carboxylic acids is 2. The molecule has 7 nitrogen and oxygen atoms in total. The van der Waals surface area contributed by atoms with Crippen LogP contribution in [0.15, 0.2) is 59.7 Å². The number of amides is 2. The summed E-state index contributed by atoms with van der Waals surface area (Å²) in [6.45, 7) is 3.27. The lowest BCUT2D eigenvalue weighted by atomic mass is 10.1. The van der Waals surface area contributed by atoms with Crippen molar-refractivity contribution in [2.24, 2.45) is 0 Å². The molecular formula is C20H20N4O3. The molecule has 1 atom stereocenters. The number of rotatable bonds is 5. The molecule has 3 aromatic rings. The summed E-state index contributed by atoms with van der Waals surface area (Å²) in [6.07, 6.45) is 1.86. The number of para-hydroxylation sites is 1. The van der Waals surface area contributed by atoms with Crippen LogP contribution in [0.1, 0.15) is 26.3 Å². The van der Waals surface area contributed by atoms with Gasteiger partial charge in [0.25, 0.3) is 5.56 Å². The molecule has 0 bridgehead atoms. The Balaban J connectivity index is 1.83. The maximum Gasteiger partial charge on any atom is 0.261 e. The SMILES string of the molecule is CC[C@H](C(=O)Nc1ccc(NC(C)=O)cc1)n1cnc2ccccc2c1=O. The van der Waals surface area contributed by atoms with Crippen molar-refractivity contribution in [1.29, 1.82) is 0 Å². The fourth-order valence-electron chi connectivity index (χ4n) is 2.88. The average Bonchev–Trinajstić information content (AvgIpc) is 2.65. The third-order valence-corrected chi connectivity index (χ3v) is 4.19. The van der Waals surface area contributed by atoms with E-state index in [0.29, 0.717) is 28.7 Å². The van der Waals surface area contributed by atoms with Gasteiger partial charge < -0.3 is 10.6 Å². The van der Waals surface area contributed by atoms with E-state index in [2.05, 4.69) is 15.6 Å². The number of hydrogen-bond donors (Lipinski definition) is 2. The lowest BCUT2D eigenvalue weighted by molar-refractivity contribution is -0.119. The zero-order chi connectivity index (χ0) is 19.4. The molecule has 0 aliphatic carbocycles. The molecular weight excluding hydrogens is 344 g/mol. The third kappa shape index (κ3) is 4.03. The minimum Gasteiger partial charge on any atom is -0.326 e. The van der Waals surface area contributed by atoms with Crippen LogP contribution in [0.3, 0.4) is 0 Å². The molecule has 0 fully saturated rings. The normalized spacial score (nSPS) is 11.8. The van der Waals surface area contributed by atoms with Gasteiger partial charge in [0.1, 0.15) is 6.04 Å². The summed E-state index contributed by atoms with van der Waals surface area (Å²) in [5, 5.41) is 5.95. The van der Waals surface area contributed by atoms with Gasteiger partial charge >= 0.3 is 0 Å². The lowest BCUT2D eigenvalue weighted by Crippen LogP contribution is -2.33. The molecule has 2 N–H and O–H groups in total. The molecule has 0 aliphatic rings. The number of fused-ring (bicyclic) bond motifs is 1. The van der Waals surface area contributed by atoms with E-state index in [-0.39, 0.29) is 17.4 Å². The highest BCUT2D eigenvalue weighted by atomic mass is 16.2. The minimum atomic E-state index is -0.676. The van der Waals surface area contributed by atoms with Gasteiger partial charge in [0.15, 0.2) is 0 Å². The van der Waals surface area contributed by atoms with Gasteiger partial charge in [0.05, 0.1) is 17.2 Å². The molecule has 0 radical (unpaired) electrons. The number of nitrogens with one attached hydrogen (secondary N) is 2. The van der Waals surface area contributed by atoms with Gasteiger partial charge in [-0.2, -0.15) is 0 Å². The van der Waals surface area contributed by atoms with Crippen LogP contribution in [0.25, 0.3) is 10.9 Å². The van der Waals surface area contributed by atoms with Gasteiger partial charge in [-0.05, 0) is 42.8 Å². The predicted octanol–water partition coefficient (Wildman–Crippen LogP) is 2.94. The molecule has 0 spiro atoms. The molecule has 0 saturated heterocycles. The van der Waals surface area contributed by atoms with E-state index in [4.69, 9.17) is 0 Å². The van der Waals surface area contributed by atoms with E-state index in [9.17, 15) is 14.4 Å². The maximum absolute atomic E-state index is 12.7. The Hall–Kier alpha value is -3.48. The highest BCUT2D eigenvalue weighted by Gasteiger charge is 2.21. The highest BCUT2D eigenvalue weighted by Crippen LogP contribution is 2.17. The summed E-state index contributed by atoms with van der Waals surface area (Å²) in [4.78, 5) is 40.8. The van der Waals surface area contributed by atoms with Gasteiger partial charge in [-0.3, -0.25) is 19.0 Å². The van der Waals surface area contributed by atoms with Crippen LogP contribution in [0, 0.1) is 0 Å². The van der Waals surface area contributed by atoms with Crippen LogP contribution in [0.4, 0.5) is 11.4 Å². The zero-order valence-corrected chi connectivity index (χ0v) is 15.1. The Morgan fingerprint density at radius 3 is 2.30 bits per heavy atom. The van der Waals surface area contributed by atoms with Crippen molar-refractivity contribution in [2.45, 2.75) is 26.3 Å². The fourth-order valence-corrected chi connectivity index (χ4v) is 2.88. The van der Waals surface area contributed by atoms with Gasteiger partial charge in [0, 0.05) is 18.3 Å². The quantitative estimate of drug-likeness (QED) is 0.728. The molecule has 3 rings (SSSR count). The molecule has 1 aromatic heterocycles. The standard InChI is InChI=1S/C20H20N4O3/c1-3-18(24-12-21-17-7-5-4-6-16(17)20(24)27)19(26)23-15-10-8-14(9-11-15)22-13(2)25/h4-12,18H,3H2,1-2H3,(H,22,25)(H,23,26)/t18-/m1/s1. The third-order valence-electron chi connectivity index (χ3n) is 4.19. The monoisotopic (exact) mass is 364 g/mol. The van der Waals surface area contributed by atoms with Crippen LogP contribution in [0.5, 0.6) is 0 Å². The lowest BCUT2D eigenvalue weighted by Gasteiger charge is -2.18. The first-order valence-electron chi connectivity index (χ1n) is 8.64. The smallest absolute Gasteiger partial charge is 0.261 e. The molecule has 0 unspecified atom stereocenters. The van der Waals surface area contributed by atoms with Crippen molar-refractivity contribution < 1.29 is 9.59 Å². The number of anilines is 2. The van der Waals surface area contributed by atoms with Crippen molar-refractivity contribution in [2.75, 3.05) is 10.6 Å². The molecule has 2 aromatic carbocycles. The Morgan fingerprint density at radius 2 is 1.67 bits per heavy atom. The molecule has 0 aliphatic heterocycles. The van der Waals surface area contributed by atoms with Crippen LogP contribution in [0.2, 0.25) is 0 Å². The molecule has 138 valence electrons. The van der Waals surface area contributed by atoms with Crippen LogP contribution >= 0.6 is 0 Å². The number of benzene rings is 2. The van der Waals surface area contributed by atoms with Gasteiger partial charge in [-0.15, -0.1) is 0 Å². The van der Waals surface area contributed by atoms with Gasteiger partial charge in [-0.1, -0.05) is 19.1 Å². The topological polar surface area (TPSA) is 93.1 Å². The molecule has 1 heterocycles. The zero-order valence-electron chi connectivity index (χ0n) is 15.1. The number of carbonyl (C=O) groups is 2. The van der Waals surface area contributed by atoms with E-state index < -0.39 is 6.04 Å². The Kier molecular flexibility index (Phi) is 5.30. The second kappa shape index (κ2) is 7.82. The van der Waals surface area contributed by atoms with Gasteiger partial charge in [-0.25, -0.2) is 4.98 Å². The first-order valence-corrected chi connectivity index (χ1v) is 8.64. The maximum atomic E-state index is 12.7. The summed E-state index contributed by atoms with van der Waals surface area (Å²) in [7, 11) is 0. The van der Waals surface area contributed by atoms with E-state index in [1.165, 1.54) is 17.8 Å². The summed E-state index contributed by atoms with van der Waals surface area (Å²) in [6, 6.07) is 13.1. The first-order chi connectivity index (χ1) is 13.0. The Bertz CT molecular complexity index is 1040. The van der Waals surface area contributed by atoms with Crippen molar-refractivity contribution >= 4 is 34.1 Å². The highest BCUT2D eigenvalue weighted by molar-refractivity contribution is 5.94. The Morgan fingerprint density at radius 1 is 1.04 bits per heavy atom. The fraction of sp³-hybridized carbons (Fsp3) is 0.200. The van der Waals surface area contributed by atoms with Crippen LogP contribution in [-0.2, 0) is 9.59 Å². The number of hydrogen-bond acceptors (Lipinski definition) is 4. The van der Waals surface area contributed by atoms with E-state index in [0.717, 1.165) is 0 Å². The second-order valence-corrected chi connectivity index (χ2v) is 6.15. The number of aromatic nitrogens is 2. The summed E-state index contributed by atoms with van der Waals surface area (Å²) < 4.78 is 1.36. The predicted molar refractivity (Wildman–Crippen MR) is 105 cm³/mol. The van der Waals surface area contributed by atoms with Crippen molar-refractivity contribution in [1.82, 2.24) is 9.55 Å². The minimum absolute atomic E-state index is 0.166. The molecule has 27 heavy (non-hydrogen) atoms. The summed E-state index contributed by atoms with van der Waals surface area (Å²) >= 11 is 0. The molecule has 2 amide bonds. The Labute approximate surface area is 156 Å². The van der Waals surface area contributed by atoms with Crippen molar-refractivity contribution in [3.63, 3.8) is 0 Å². The van der Waals surface area contributed by atoms with Crippen molar-refractivity contribution in [3.05, 3.63) is 65.2 Å². The van der Waals surface area contributed by atoms with Gasteiger partial charge in [0.2, 0.25) is 11.8 Å². The average molecular weight is 364 g/mol. The molecule has 0 saturated carbocycles.